The Kier molecular flexibility index (Phi) is 5.19. The van der Waals surface area contributed by atoms with Crippen molar-refractivity contribution in [1.29, 1.82) is 0 Å². The number of alkyl halides is 1. The number of ether oxygens (including phenoxy) is 2. The fourth-order valence-electron chi connectivity index (χ4n) is 1.87. The minimum absolute atomic E-state index is 0.00271. The summed E-state index contributed by atoms with van der Waals surface area (Å²) in [4.78, 5) is -0.00271. The van der Waals surface area contributed by atoms with Gasteiger partial charge in [-0.05, 0) is 35.4 Å². The third-order valence-electron chi connectivity index (χ3n) is 2.94. The highest BCUT2D eigenvalue weighted by molar-refractivity contribution is 9.09. The topological polar surface area (TPSA) is 18.5 Å². The van der Waals surface area contributed by atoms with Crippen LogP contribution < -0.4 is 9.47 Å². The molecule has 1 atom stereocenters. The molecule has 0 aromatic heterocycles. The van der Waals surface area contributed by atoms with E-state index in [1.165, 1.54) is 0 Å². The van der Waals surface area contributed by atoms with Gasteiger partial charge in [0.25, 0.3) is 0 Å². The Morgan fingerprint density at radius 1 is 0.850 bits per heavy atom. The first-order valence-electron chi connectivity index (χ1n) is 5.87. The zero-order valence-corrected chi connectivity index (χ0v) is 14.1. The molecule has 20 heavy (non-hydrogen) atoms. The van der Waals surface area contributed by atoms with Crippen LogP contribution in [0, 0.1) is 0 Å². The van der Waals surface area contributed by atoms with Crippen LogP contribution in [0.5, 0.6) is 11.5 Å². The second-order valence-electron chi connectivity index (χ2n) is 4.15. The van der Waals surface area contributed by atoms with Gasteiger partial charge in [-0.2, -0.15) is 0 Å². The number of benzene rings is 2. The monoisotopic (exact) mass is 374 g/mol. The van der Waals surface area contributed by atoms with E-state index in [2.05, 4.69) is 15.9 Å². The quantitative estimate of drug-likeness (QED) is 0.657. The average Bonchev–Trinajstić information content (AvgIpc) is 2.48. The molecule has 106 valence electrons. The van der Waals surface area contributed by atoms with E-state index in [0.29, 0.717) is 21.5 Å². The average molecular weight is 376 g/mol. The Hall–Kier alpha value is -0.900. The van der Waals surface area contributed by atoms with Crippen molar-refractivity contribution in [1.82, 2.24) is 0 Å². The lowest BCUT2D eigenvalue weighted by Crippen LogP contribution is -1.96. The highest BCUT2D eigenvalue weighted by Crippen LogP contribution is 2.38. The van der Waals surface area contributed by atoms with Crippen LogP contribution in [-0.2, 0) is 0 Å². The molecular weight excluding hydrogens is 363 g/mol. The molecule has 0 saturated heterocycles. The molecule has 0 aliphatic heterocycles. The van der Waals surface area contributed by atoms with E-state index in [9.17, 15) is 0 Å². The van der Waals surface area contributed by atoms with Crippen molar-refractivity contribution in [3.63, 3.8) is 0 Å². The van der Waals surface area contributed by atoms with Gasteiger partial charge in [-0.3, -0.25) is 0 Å². The van der Waals surface area contributed by atoms with E-state index in [-0.39, 0.29) is 4.83 Å². The van der Waals surface area contributed by atoms with Crippen molar-refractivity contribution in [2.45, 2.75) is 4.83 Å². The van der Waals surface area contributed by atoms with E-state index in [4.69, 9.17) is 32.7 Å². The van der Waals surface area contributed by atoms with E-state index >= 15 is 0 Å². The molecule has 0 amide bonds. The molecule has 0 saturated carbocycles. The van der Waals surface area contributed by atoms with Gasteiger partial charge in [0.1, 0.15) is 0 Å². The second kappa shape index (κ2) is 6.70. The van der Waals surface area contributed by atoms with Crippen molar-refractivity contribution >= 4 is 39.1 Å². The maximum Gasteiger partial charge on any atom is 0.161 e. The van der Waals surface area contributed by atoms with Crippen LogP contribution in [0.1, 0.15) is 16.0 Å². The van der Waals surface area contributed by atoms with Gasteiger partial charge in [-0.15, -0.1) is 0 Å². The van der Waals surface area contributed by atoms with Gasteiger partial charge in [0.15, 0.2) is 11.5 Å². The van der Waals surface area contributed by atoms with Gasteiger partial charge in [0, 0.05) is 0 Å². The lowest BCUT2D eigenvalue weighted by atomic mass is 10.0. The maximum atomic E-state index is 6.05. The summed E-state index contributed by atoms with van der Waals surface area (Å²) in [6.07, 6.45) is 0. The van der Waals surface area contributed by atoms with Crippen molar-refractivity contribution in [3.8, 4) is 11.5 Å². The van der Waals surface area contributed by atoms with Crippen LogP contribution in [0.3, 0.4) is 0 Å². The third kappa shape index (κ3) is 3.22. The summed E-state index contributed by atoms with van der Waals surface area (Å²) in [6, 6.07) is 11.3. The van der Waals surface area contributed by atoms with Crippen molar-refractivity contribution in [2.75, 3.05) is 14.2 Å². The van der Waals surface area contributed by atoms with Crippen LogP contribution in [0.15, 0.2) is 36.4 Å². The maximum absolute atomic E-state index is 6.05. The molecule has 2 rings (SSSR count). The normalized spacial score (nSPS) is 12.1. The fourth-order valence-corrected chi connectivity index (χ4v) is 2.75. The first kappa shape index (κ1) is 15.5. The SMILES string of the molecule is COc1ccc(C(Br)c2ccc(Cl)c(Cl)c2)cc1OC. The van der Waals surface area contributed by atoms with Gasteiger partial charge in [-0.1, -0.05) is 51.3 Å². The summed E-state index contributed by atoms with van der Waals surface area (Å²) in [5.41, 5.74) is 2.06. The van der Waals surface area contributed by atoms with E-state index in [0.717, 1.165) is 11.1 Å². The largest absolute Gasteiger partial charge is 0.493 e. The fraction of sp³-hybridized carbons (Fsp3) is 0.200. The third-order valence-corrected chi connectivity index (χ3v) is 4.73. The van der Waals surface area contributed by atoms with Crippen molar-refractivity contribution in [2.24, 2.45) is 0 Å². The van der Waals surface area contributed by atoms with Gasteiger partial charge < -0.3 is 9.47 Å². The molecule has 0 radical (unpaired) electrons. The first-order chi connectivity index (χ1) is 9.56. The van der Waals surface area contributed by atoms with Crippen LogP contribution in [0.25, 0.3) is 0 Å². The van der Waals surface area contributed by atoms with Crippen molar-refractivity contribution < 1.29 is 9.47 Å². The zero-order chi connectivity index (χ0) is 14.7. The molecule has 0 fully saturated rings. The number of hydrogen-bond acceptors (Lipinski definition) is 2. The van der Waals surface area contributed by atoms with Gasteiger partial charge in [0.2, 0.25) is 0 Å². The minimum atomic E-state index is -0.00271. The molecule has 2 nitrogen and oxygen atoms in total. The van der Waals surface area contributed by atoms with E-state index in [1.807, 2.05) is 30.3 Å². The summed E-state index contributed by atoms with van der Waals surface area (Å²) in [5.74, 6) is 1.39. The molecule has 5 heteroatoms. The van der Waals surface area contributed by atoms with Crippen LogP contribution in [0.2, 0.25) is 10.0 Å². The number of halogens is 3. The molecule has 0 aliphatic rings. The van der Waals surface area contributed by atoms with Crippen LogP contribution in [-0.4, -0.2) is 14.2 Å². The Morgan fingerprint density at radius 3 is 2.05 bits per heavy atom. The van der Waals surface area contributed by atoms with Crippen molar-refractivity contribution in [3.05, 3.63) is 57.6 Å². The number of hydrogen-bond donors (Lipinski definition) is 0. The summed E-state index contributed by atoms with van der Waals surface area (Å²) >= 11 is 15.7. The molecule has 0 bridgehead atoms. The highest BCUT2D eigenvalue weighted by atomic mass is 79.9. The van der Waals surface area contributed by atoms with Gasteiger partial charge in [0.05, 0.1) is 29.1 Å². The number of methoxy groups -OCH3 is 2. The van der Waals surface area contributed by atoms with Crippen LogP contribution in [0.4, 0.5) is 0 Å². The Labute approximate surface area is 136 Å². The van der Waals surface area contributed by atoms with E-state index in [1.54, 1.807) is 20.3 Å². The standard InChI is InChI=1S/C15H13BrCl2O2/c1-19-13-6-4-10(8-14(13)20-2)15(16)9-3-5-11(17)12(18)7-9/h3-8,15H,1-2H3. The number of rotatable bonds is 4. The molecule has 0 heterocycles. The lowest BCUT2D eigenvalue weighted by molar-refractivity contribution is 0.354. The van der Waals surface area contributed by atoms with Crippen LogP contribution >= 0.6 is 39.1 Å². The minimum Gasteiger partial charge on any atom is -0.493 e. The molecule has 2 aromatic rings. The van der Waals surface area contributed by atoms with Gasteiger partial charge >= 0.3 is 0 Å². The Morgan fingerprint density at radius 2 is 1.45 bits per heavy atom. The predicted molar refractivity (Wildman–Crippen MR) is 86.8 cm³/mol. The summed E-state index contributed by atoms with van der Waals surface area (Å²) in [7, 11) is 3.23. The molecule has 0 spiro atoms. The lowest BCUT2D eigenvalue weighted by Gasteiger charge is -2.14. The second-order valence-corrected chi connectivity index (χ2v) is 5.88. The summed E-state index contributed by atoms with van der Waals surface area (Å²) in [6.45, 7) is 0. The molecule has 0 aliphatic carbocycles. The Bertz CT molecular complexity index is 617. The predicted octanol–water partition coefficient (Wildman–Crippen LogP) is 5.49. The molecular formula is C15H13BrCl2O2. The molecule has 1 unspecified atom stereocenters. The van der Waals surface area contributed by atoms with Gasteiger partial charge in [-0.25, -0.2) is 0 Å². The zero-order valence-electron chi connectivity index (χ0n) is 11.0. The summed E-state index contributed by atoms with van der Waals surface area (Å²) < 4.78 is 10.5. The van der Waals surface area contributed by atoms with E-state index < -0.39 is 0 Å². The molecule has 0 N–H and O–H groups in total. The Balaban J connectivity index is 2.37. The highest BCUT2D eigenvalue weighted by Gasteiger charge is 2.14. The summed E-state index contributed by atoms with van der Waals surface area (Å²) in [5, 5.41) is 1.08. The smallest absolute Gasteiger partial charge is 0.161 e. The first-order valence-corrected chi connectivity index (χ1v) is 7.55. The molecule has 2 aromatic carbocycles.